The van der Waals surface area contributed by atoms with E-state index < -0.39 is 6.43 Å². The summed E-state index contributed by atoms with van der Waals surface area (Å²) >= 11 is 0. The van der Waals surface area contributed by atoms with E-state index in [4.69, 9.17) is 0 Å². The maximum absolute atomic E-state index is 12.2. The van der Waals surface area contributed by atoms with Crippen LogP contribution in [0.4, 0.5) is 8.78 Å². The number of hydrogen-bond donors (Lipinski definition) is 1. The van der Waals surface area contributed by atoms with Crippen molar-refractivity contribution in [3.8, 4) is 0 Å². The minimum absolute atomic E-state index is 0.000347. The van der Waals surface area contributed by atoms with E-state index in [0.29, 0.717) is 12.6 Å². The molecule has 2 nitrogen and oxygen atoms in total. The lowest BCUT2D eigenvalue weighted by Gasteiger charge is -2.36. The molecule has 0 saturated carbocycles. The Labute approximate surface area is 92.0 Å². The Morgan fingerprint density at radius 3 is 2.27 bits per heavy atom. The summed E-state index contributed by atoms with van der Waals surface area (Å²) in [5, 5.41) is 3.33. The van der Waals surface area contributed by atoms with Crippen LogP contribution in [0.15, 0.2) is 0 Å². The minimum atomic E-state index is -2.25. The Kier molecular flexibility index (Phi) is 6.29. The first kappa shape index (κ1) is 14.8. The number of halogens is 2. The zero-order chi connectivity index (χ0) is 12.1. The highest BCUT2D eigenvalue weighted by Gasteiger charge is 2.27. The molecule has 0 spiro atoms. The van der Waals surface area contributed by atoms with Gasteiger partial charge >= 0.3 is 0 Å². The van der Waals surface area contributed by atoms with Gasteiger partial charge in [0.15, 0.2) is 0 Å². The van der Waals surface area contributed by atoms with Crippen molar-refractivity contribution in [2.75, 3.05) is 26.7 Å². The standard InChI is InChI=1S/C11H24F2N2/c1-6-14-9(2)11(3,4)8-15(5)7-10(12)13/h9-10,14H,6-8H2,1-5H3. The van der Waals surface area contributed by atoms with E-state index in [1.165, 1.54) is 0 Å². The topological polar surface area (TPSA) is 15.3 Å². The van der Waals surface area contributed by atoms with E-state index in [-0.39, 0.29) is 12.0 Å². The van der Waals surface area contributed by atoms with Gasteiger partial charge in [0.25, 0.3) is 6.43 Å². The number of rotatable bonds is 7. The van der Waals surface area contributed by atoms with E-state index in [1.54, 1.807) is 11.9 Å². The Bertz CT molecular complexity index is 172. The van der Waals surface area contributed by atoms with Crippen molar-refractivity contribution in [2.24, 2.45) is 5.41 Å². The third-order valence-electron chi connectivity index (χ3n) is 2.81. The SMILES string of the molecule is CCNC(C)C(C)(C)CN(C)CC(F)F. The largest absolute Gasteiger partial charge is 0.314 e. The number of nitrogens with one attached hydrogen (secondary N) is 1. The Hall–Kier alpha value is -0.220. The molecule has 0 amide bonds. The smallest absolute Gasteiger partial charge is 0.251 e. The fraction of sp³-hybridized carbons (Fsp3) is 1.00. The third kappa shape index (κ3) is 6.05. The molecule has 0 fully saturated rings. The highest BCUT2D eigenvalue weighted by atomic mass is 19.3. The molecular formula is C11H24F2N2. The van der Waals surface area contributed by atoms with Crippen LogP contribution >= 0.6 is 0 Å². The first-order valence-electron chi connectivity index (χ1n) is 5.49. The van der Waals surface area contributed by atoms with Crippen LogP contribution in [0, 0.1) is 5.41 Å². The van der Waals surface area contributed by atoms with Gasteiger partial charge in [-0.15, -0.1) is 0 Å². The predicted molar refractivity (Wildman–Crippen MR) is 60.4 cm³/mol. The molecule has 4 heteroatoms. The molecule has 0 rings (SSSR count). The molecule has 1 atom stereocenters. The lowest BCUT2D eigenvalue weighted by atomic mass is 9.85. The van der Waals surface area contributed by atoms with Gasteiger partial charge in [0, 0.05) is 12.6 Å². The van der Waals surface area contributed by atoms with Gasteiger partial charge < -0.3 is 10.2 Å². The molecule has 1 N–H and O–H groups in total. The van der Waals surface area contributed by atoms with Gasteiger partial charge in [-0.3, -0.25) is 0 Å². The van der Waals surface area contributed by atoms with Crippen molar-refractivity contribution >= 4 is 0 Å². The summed E-state index contributed by atoms with van der Waals surface area (Å²) in [6.07, 6.45) is -2.25. The zero-order valence-corrected chi connectivity index (χ0v) is 10.5. The summed E-state index contributed by atoms with van der Waals surface area (Å²) in [6, 6.07) is 0.322. The van der Waals surface area contributed by atoms with Crippen LogP contribution in [0.25, 0.3) is 0 Å². The van der Waals surface area contributed by atoms with E-state index in [1.807, 2.05) is 0 Å². The lowest BCUT2D eigenvalue weighted by Crippen LogP contribution is -2.46. The maximum Gasteiger partial charge on any atom is 0.251 e. The van der Waals surface area contributed by atoms with Crippen molar-refractivity contribution in [1.29, 1.82) is 0 Å². The first-order valence-corrected chi connectivity index (χ1v) is 5.49. The molecule has 0 aliphatic heterocycles. The Morgan fingerprint density at radius 1 is 1.33 bits per heavy atom. The van der Waals surface area contributed by atoms with Crippen molar-refractivity contribution in [3.05, 3.63) is 0 Å². The Morgan fingerprint density at radius 2 is 1.87 bits per heavy atom. The van der Waals surface area contributed by atoms with Crippen LogP contribution in [-0.2, 0) is 0 Å². The number of nitrogens with zero attached hydrogens (tertiary/aromatic N) is 1. The zero-order valence-electron chi connectivity index (χ0n) is 10.5. The van der Waals surface area contributed by atoms with Gasteiger partial charge in [-0.25, -0.2) is 8.78 Å². The number of hydrogen-bond acceptors (Lipinski definition) is 2. The molecule has 0 aliphatic rings. The van der Waals surface area contributed by atoms with E-state index >= 15 is 0 Å². The average molecular weight is 222 g/mol. The van der Waals surface area contributed by atoms with E-state index in [0.717, 1.165) is 6.54 Å². The third-order valence-corrected chi connectivity index (χ3v) is 2.81. The van der Waals surface area contributed by atoms with E-state index in [2.05, 4.69) is 33.0 Å². The molecule has 0 bridgehead atoms. The quantitative estimate of drug-likeness (QED) is 0.710. The van der Waals surface area contributed by atoms with Crippen molar-refractivity contribution in [1.82, 2.24) is 10.2 Å². The molecule has 0 aromatic heterocycles. The Balaban J connectivity index is 4.11. The van der Waals surface area contributed by atoms with Gasteiger partial charge in [0.05, 0.1) is 6.54 Å². The first-order chi connectivity index (χ1) is 6.79. The average Bonchev–Trinajstić information content (AvgIpc) is 2.01. The maximum atomic E-state index is 12.2. The summed E-state index contributed by atoms with van der Waals surface area (Å²) in [5.74, 6) is 0. The number of alkyl halides is 2. The molecule has 0 aliphatic carbocycles. The highest BCUT2D eigenvalue weighted by molar-refractivity contribution is 4.83. The molecule has 92 valence electrons. The molecule has 1 unspecified atom stereocenters. The van der Waals surface area contributed by atoms with E-state index in [9.17, 15) is 8.78 Å². The molecule has 15 heavy (non-hydrogen) atoms. The van der Waals surface area contributed by atoms with Crippen molar-refractivity contribution in [3.63, 3.8) is 0 Å². The summed E-state index contributed by atoms with van der Waals surface area (Å²) < 4.78 is 24.3. The van der Waals surface area contributed by atoms with Crippen molar-refractivity contribution < 1.29 is 8.78 Å². The summed E-state index contributed by atoms with van der Waals surface area (Å²) in [6.45, 7) is 9.77. The van der Waals surface area contributed by atoms with Gasteiger partial charge in [-0.1, -0.05) is 20.8 Å². The van der Waals surface area contributed by atoms with Crippen LogP contribution in [0.1, 0.15) is 27.7 Å². The molecule has 0 aromatic carbocycles. The fourth-order valence-electron chi connectivity index (χ4n) is 1.72. The van der Waals surface area contributed by atoms with Crippen molar-refractivity contribution in [2.45, 2.75) is 40.2 Å². The van der Waals surface area contributed by atoms with Crippen LogP contribution in [0.2, 0.25) is 0 Å². The second kappa shape index (κ2) is 6.38. The van der Waals surface area contributed by atoms with Crippen LogP contribution in [-0.4, -0.2) is 44.0 Å². The normalized spacial score (nSPS) is 15.0. The van der Waals surface area contributed by atoms with Gasteiger partial charge in [-0.2, -0.15) is 0 Å². The summed E-state index contributed by atoms with van der Waals surface area (Å²) in [5.41, 5.74) is -0.000347. The highest BCUT2D eigenvalue weighted by Crippen LogP contribution is 2.21. The predicted octanol–water partition coefficient (Wildman–Crippen LogP) is 2.21. The monoisotopic (exact) mass is 222 g/mol. The summed E-state index contributed by atoms with van der Waals surface area (Å²) in [4.78, 5) is 1.69. The van der Waals surface area contributed by atoms with Gasteiger partial charge in [0.1, 0.15) is 0 Å². The van der Waals surface area contributed by atoms with Gasteiger partial charge in [0.2, 0.25) is 0 Å². The van der Waals surface area contributed by atoms with Gasteiger partial charge in [-0.05, 0) is 25.9 Å². The molecular weight excluding hydrogens is 198 g/mol. The molecule has 0 heterocycles. The molecule has 0 aromatic rings. The summed E-state index contributed by atoms with van der Waals surface area (Å²) in [7, 11) is 1.74. The van der Waals surface area contributed by atoms with Crippen LogP contribution < -0.4 is 5.32 Å². The fourth-order valence-corrected chi connectivity index (χ4v) is 1.72. The van der Waals surface area contributed by atoms with Crippen LogP contribution in [0.3, 0.4) is 0 Å². The second-order valence-corrected chi connectivity index (χ2v) is 4.86. The minimum Gasteiger partial charge on any atom is -0.314 e. The molecule has 0 saturated heterocycles. The molecule has 0 radical (unpaired) electrons. The van der Waals surface area contributed by atoms with Crippen LogP contribution in [0.5, 0.6) is 0 Å². The second-order valence-electron chi connectivity index (χ2n) is 4.86. The lowest BCUT2D eigenvalue weighted by molar-refractivity contribution is 0.0746.